The third kappa shape index (κ3) is 1.39. The third-order valence-electron chi connectivity index (χ3n) is 3.08. The van der Waals surface area contributed by atoms with Crippen molar-refractivity contribution in [3.05, 3.63) is 23.3 Å². The molecule has 0 amide bonds. The van der Waals surface area contributed by atoms with Gasteiger partial charge in [0.05, 0.1) is 0 Å². The van der Waals surface area contributed by atoms with Gasteiger partial charge in [0.25, 0.3) is 0 Å². The van der Waals surface area contributed by atoms with Gasteiger partial charge in [-0.25, -0.2) is 0 Å². The Morgan fingerprint density at radius 3 is 2.64 bits per heavy atom. The van der Waals surface area contributed by atoms with E-state index in [-0.39, 0.29) is 12.1 Å². The Morgan fingerprint density at radius 2 is 2.07 bits per heavy atom. The number of rotatable bonds is 1. The van der Waals surface area contributed by atoms with Gasteiger partial charge in [-0.1, -0.05) is 17.7 Å². The van der Waals surface area contributed by atoms with Crippen molar-refractivity contribution in [2.45, 2.75) is 33.3 Å². The molecule has 2 rings (SSSR count). The Morgan fingerprint density at radius 1 is 1.36 bits per heavy atom. The maximum absolute atomic E-state index is 11.0. The number of carbonyl (C=O) groups is 1. The number of esters is 1. The standard InChI is InChI=1S/C12H16O2/c1-7(2)11-9-4-5-10(6-9)12(11)14-8(3)13/h4-5,9-10,12H,6H2,1-3H3. The lowest BCUT2D eigenvalue weighted by atomic mass is 9.94. The summed E-state index contributed by atoms with van der Waals surface area (Å²) in [5.74, 6) is 0.776. The fourth-order valence-electron chi connectivity index (χ4n) is 2.61. The lowest BCUT2D eigenvalue weighted by molar-refractivity contribution is -0.145. The average Bonchev–Trinajstić information content (AvgIpc) is 2.61. The van der Waals surface area contributed by atoms with Crippen molar-refractivity contribution >= 4 is 5.97 Å². The fraction of sp³-hybridized carbons (Fsp3) is 0.583. The Labute approximate surface area is 84.6 Å². The van der Waals surface area contributed by atoms with Crippen LogP contribution in [0.15, 0.2) is 23.3 Å². The van der Waals surface area contributed by atoms with E-state index < -0.39 is 0 Å². The maximum atomic E-state index is 11.0. The molecule has 2 aliphatic rings. The van der Waals surface area contributed by atoms with Crippen LogP contribution in [0, 0.1) is 11.8 Å². The van der Waals surface area contributed by atoms with Gasteiger partial charge in [-0.15, -0.1) is 0 Å². The molecule has 2 heteroatoms. The molecule has 14 heavy (non-hydrogen) atoms. The molecule has 76 valence electrons. The Hall–Kier alpha value is -1.05. The second-order valence-corrected chi connectivity index (χ2v) is 4.38. The highest BCUT2D eigenvalue weighted by Gasteiger charge is 2.42. The van der Waals surface area contributed by atoms with Crippen molar-refractivity contribution in [2.24, 2.45) is 11.8 Å². The summed E-state index contributed by atoms with van der Waals surface area (Å²) in [7, 11) is 0. The summed E-state index contributed by atoms with van der Waals surface area (Å²) in [5.41, 5.74) is 2.63. The molecule has 0 aromatic rings. The van der Waals surface area contributed by atoms with Crippen molar-refractivity contribution in [3.8, 4) is 0 Å². The summed E-state index contributed by atoms with van der Waals surface area (Å²) in [6, 6.07) is 0. The summed E-state index contributed by atoms with van der Waals surface area (Å²) >= 11 is 0. The molecule has 2 bridgehead atoms. The topological polar surface area (TPSA) is 26.3 Å². The quantitative estimate of drug-likeness (QED) is 0.471. The zero-order valence-electron chi connectivity index (χ0n) is 8.91. The molecule has 2 aliphatic carbocycles. The smallest absolute Gasteiger partial charge is 0.303 e. The molecule has 2 nitrogen and oxygen atoms in total. The summed E-state index contributed by atoms with van der Waals surface area (Å²) in [6.45, 7) is 5.68. The van der Waals surface area contributed by atoms with Gasteiger partial charge in [-0.3, -0.25) is 4.79 Å². The van der Waals surface area contributed by atoms with Crippen LogP contribution >= 0.6 is 0 Å². The third-order valence-corrected chi connectivity index (χ3v) is 3.08. The van der Waals surface area contributed by atoms with Crippen LogP contribution in [0.25, 0.3) is 0 Å². The highest BCUT2D eigenvalue weighted by Crippen LogP contribution is 2.46. The lowest BCUT2D eigenvalue weighted by Gasteiger charge is -2.22. The first-order chi connectivity index (χ1) is 6.59. The molecule has 3 unspecified atom stereocenters. The van der Waals surface area contributed by atoms with Crippen molar-refractivity contribution in [1.82, 2.24) is 0 Å². The highest BCUT2D eigenvalue weighted by atomic mass is 16.5. The molecule has 0 aromatic heterocycles. The zero-order valence-corrected chi connectivity index (χ0v) is 8.91. The first kappa shape index (κ1) is 9.50. The van der Waals surface area contributed by atoms with Crippen molar-refractivity contribution in [2.75, 3.05) is 0 Å². The molecule has 0 N–H and O–H groups in total. The average molecular weight is 192 g/mol. The SMILES string of the molecule is CC(=O)OC1C(=C(C)C)C2C=CC1C2. The van der Waals surface area contributed by atoms with Gasteiger partial charge in [-0.05, 0) is 25.8 Å². The number of hydrogen-bond acceptors (Lipinski definition) is 2. The summed E-state index contributed by atoms with van der Waals surface area (Å²) < 4.78 is 5.37. The number of carbonyl (C=O) groups excluding carboxylic acids is 1. The highest BCUT2D eigenvalue weighted by molar-refractivity contribution is 5.67. The monoisotopic (exact) mass is 192 g/mol. The second kappa shape index (κ2) is 3.26. The maximum Gasteiger partial charge on any atom is 0.303 e. The van der Waals surface area contributed by atoms with Crippen molar-refractivity contribution in [3.63, 3.8) is 0 Å². The summed E-state index contributed by atoms with van der Waals surface area (Å²) in [5, 5.41) is 0. The predicted octanol–water partition coefficient (Wildman–Crippen LogP) is 2.46. The number of ether oxygens (including phenoxy) is 1. The first-order valence-electron chi connectivity index (χ1n) is 5.12. The number of allylic oxidation sites excluding steroid dienone is 2. The van der Waals surface area contributed by atoms with Crippen LogP contribution in [0.3, 0.4) is 0 Å². The molecule has 0 radical (unpaired) electrons. The Balaban J connectivity index is 2.27. The Bertz CT molecular complexity index is 321. The van der Waals surface area contributed by atoms with E-state index in [9.17, 15) is 4.79 Å². The molecular weight excluding hydrogens is 176 g/mol. The van der Waals surface area contributed by atoms with Crippen LogP contribution < -0.4 is 0 Å². The summed E-state index contributed by atoms with van der Waals surface area (Å²) in [6.07, 6.45) is 5.57. The van der Waals surface area contributed by atoms with E-state index in [1.54, 1.807) is 0 Å². The van der Waals surface area contributed by atoms with Crippen LogP contribution in [-0.4, -0.2) is 12.1 Å². The van der Waals surface area contributed by atoms with E-state index in [1.807, 2.05) is 0 Å². The van der Waals surface area contributed by atoms with Gasteiger partial charge >= 0.3 is 5.97 Å². The van der Waals surface area contributed by atoms with E-state index >= 15 is 0 Å². The second-order valence-electron chi connectivity index (χ2n) is 4.38. The normalized spacial score (nSPS) is 33.6. The minimum absolute atomic E-state index is 0.0208. The minimum atomic E-state index is -0.172. The van der Waals surface area contributed by atoms with E-state index in [0.717, 1.165) is 6.42 Å². The van der Waals surface area contributed by atoms with Crippen molar-refractivity contribution < 1.29 is 9.53 Å². The van der Waals surface area contributed by atoms with Crippen molar-refractivity contribution in [1.29, 1.82) is 0 Å². The molecule has 0 spiro atoms. The molecular formula is C12H16O2. The van der Waals surface area contributed by atoms with E-state index in [1.165, 1.54) is 18.1 Å². The van der Waals surface area contributed by atoms with Crippen LogP contribution in [0.2, 0.25) is 0 Å². The van der Waals surface area contributed by atoms with Gasteiger partial charge in [0, 0.05) is 18.8 Å². The Kier molecular flexibility index (Phi) is 2.22. The van der Waals surface area contributed by atoms with Gasteiger partial charge < -0.3 is 4.74 Å². The molecule has 0 aromatic carbocycles. The van der Waals surface area contributed by atoms with E-state index in [0.29, 0.717) is 11.8 Å². The van der Waals surface area contributed by atoms with Gasteiger partial charge in [0.1, 0.15) is 6.10 Å². The molecule has 0 heterocycles. The molecule has 3 atom stereocenters. The zero-order chi connectivity index (χ0) is 10.3. The first-order valence-corrected chi connectivity index (χ1v) is 5.12. The van der Waals surface area contributed by atoms with Gasteiger partial charge in [-0.2, -0.15) is 0 Å². The predicted molar refractivity (Wildman–Crippen MR) is 54.7 cm³/mol. The molecule has 1 fully saturated rings. The van der Waals surface area contributed by atoms with Crippen LogP contribution in [0.5, 0.6) is 0 Å². The number of fused-ring (bicyclic) bond motifs is 2. The van der Waals surface area contributed by atoms with E-state index in [2.05, 4.69) is 26.0 Å². The fourth-order valence-corrected chi connectivity index (χ4v) is 2.61. The number of hydrogen-bond donors (Lipinski definition) is 0. The largest absolute Gasteiger partial charge is 0.457 e. The van der Waals surface area contributed by atoms with Gasteiger partial charge in [0.15, 0.2) is 0 Å². The van der Waals surface area contributed by atoms with E-state index in [4.69, 9.17) is 4.74 Å². The molecule has 0 saturated heterocycles. The van der Waals surface area contributed by atoms with Crippen LogP contribution in [0.1, 0.15) is 27.2 Å². The van der Waals surface area contributed by atoms with Crippen LogP contribution in [0.4, 0.5) is 0 Å². The van der Waals surface area contributed by atoms with Crippen LogP contribution in [-0.2, 0) is 9.53 Å². The van der Waals surface area contributed by atoms with Gasteiger partial charge in [0.2, 0.25) is 0 Å². The molecule has 0 aliphatic heterocycles. The summed E-state index contributed by atoms with van der Waals surface area (Å²) in [4.78, 5) is 11.0. The minimum Gasteiger partial charge on any atom is -0.457 e. The lowest BCUT2D eigenvalue weighted by Crippen LogP contribution is -2.23. The molecule has 1 saturated carbocycles.